The first-order chi connectivity index (χ1) is 10.3. The molecule has 2 saturated heterocycles. The van der Waals surface area contributed by atoms with Gasteiger partial charge in [-0.2, -0.15) is 8.42 Å². The van der Waals surface area contributed by atoms with Gasteiger partial charge in [-0.25, -0.2) is 4.79 Å². The van der Waals surface area contributed by atoms with Crippen LogP contribution in [0.25, 0.3) is 0 Å². The number of ether oxygens (including phenoxy) is 1. The van der Waals surface area contributed by atoms with Crippen LogP contribution in [-0.2, 0) is 19.0 Å². The molecule has 0 spiro atoms. The molecule has 2 atom stereocenters. The average molecular weight is 327 g/mol. The molecule has 0 aliphatic carbocycles. The number of hydrogen-bond donors (Lipinski definition) is 1. The Balaban J connectivity index is 1.70. The Labute approximate surface area is 128 Å². The Morgan fingerprint density at radius 1 is 1.45 bits per heavy atom. The molecule has 8 heteroatoms. The highest BCUT2D eigenvalue weighted by Gasteiger charge is 2.53. The summed E-state index contributed by atoms with van der Waals surface area (Å²) in [5.74, 6) is 0. The molecule has 0 radical (unpaired) electrons. The van der Waals surface area contributed by atoms with Crippen LogP contribution in [0.1, 0.15) is 12.0 Å². The minimum atomic E-state index is -3.88. The first kappa shape index (κ1) is 15.3. The number of nitrogens with zero attached hydrogens (tertiary/aromatic N) is 1. The van der Waals surface area contributed by atoms with Crippen molar-refractivity contribution in [1.29, 1.82) is 0 Å². The van der Waals surface area contributed by atoms with Gasteiger partial charge in [0.25, 0.3) is 10.1 Å². The maximum atomic E-state index is 12.2. The van der Waals surface area contributed by atoms with E-state index in [2.05, 4.69) is 0 Å². The quantitative estimate of drug-likeness (QED) is 0.836. The van der Waals surface area contributed by atoms with Crippen LogP contribution in [0.2, 0.25) is 0 Å². The second-order valence-corrected chi connectivity index (χ2v) is 7.41. The number of likely N-dealkylation sites (tertiary alicyclic amines) is 1. The van der Waals surface area contributed by atoms with Gasteiger partial charge >= 0.3 is 6.09 Å². The Morgan fingerprint density at radius 2 is 2.14 bits per heavy atom. The van der Waals surface area contributed by atoms with Gasteiger partial charge in [0.2, 0.25) is 0 Å². The SMILES string of the molecule is Cc1ccc(S(=O)(=O)OCC23CC(CO2)N(C(=O)O)C3)cc1. The van der Waals surface area contributed by atoms with Crippen molar-refractivity contribution in [1.82, 2.24) is 4.90 Å². The number of carbonyl (C=O) groups is 1. The zero-order chi connectivity index (χ0) is 16.0. The standard InChI is InChI=1S/C14H17NO6S/c1-10-2-4-12(5-3-10)22(18,19)21-9-14-6-11(7-20-14)15(8-14)13(16)17/h2-5,11H,6-9H2,1H3,(H,16,17). The van der Waals surface area contributed by atoms with Crippen LogP contribution in [-0.4, -0.2) is 55.9 Å². The van der Waals surface area contributed by atoms with Crippen LogP contribution in [0.3, 0.4) is 0 Å². The molecule has 2 aliphatic heterocycles. The van der Waals surface area contributed by atoms with Gasteiger partial charge in [-0.05, 0) is 19.1 Å². The van der Waals surface area contributed by atoms with E-state index < -0.39 is 21.8 Å². The number of morpholine rings is 1. The van der Waals surface area contributed by atoms with Crippen molar-refractivity contribution in [2.75, 3.05) is 19.8 Å². The molecular weight excluding hydrogens is 310 g/mol. The molecule has 1 N–H and O–H groups in total. The highest BCUT2D eigenvalue weighted by Crippen LogP contribution is 2.38. The molecule has 2 unspecified atom stereocenters. The summed E-state index contributed by atoms with van der Waals surface area (Å²) in [6, 6.07) is 6.14. The fourth-order valence-electron chi connectivity index (χ4n) is 2.90. The molecule has 7 nitrogen and oxygen atoms in total. The Hall–Kier alpha value is -1.64. The van der Waals surface area contributed by atoms with Crippen molar-refractivity contribution >= 4 is 16.2 Å². The van der Waals surface area contributed by atoms with Crippen LogP contribution >= 0.6 is 0 Å². The van der Waals surface area contributed by atoms with Gasteiger partial charge in [-0.1, -0.05) is 17.7 Å². The summed E-state index contributed by atoms with van der Waals surface area (Å²) >= 11 is 0. The highest BCUT2D eigenvalue weighted by molar-refractivity contribution is 7.86. The molecule has 1 aromatic carbocycles. The maximum Gasteiger partial charge on any atom is 0.407 e. The van der Waals surface area contributed by atoms with E-state index in [-0.39, 0.29) is 30.7 Å². The summed E-state index contributed by atoms with van der Waals surface area (Å²) in [7, 11) is -3.88. The lowest BCUT2D eigenvalue weighted by atomic mass is 10.1. The van der Waals surface area contributed by atoms with E-state index in [0.717, 1.165) is 5.56 Å². The number of hydrogen-bond acceptors (Lipinski definition) is 5. The zero-order valence-electron chi connectivity index (χ0n) is 12.1. The van der Waals surface area contributed by atoms with Crippen molar-refractivity contribution in [2.45, 2.75) is 29.9 Å². The van der Waals surface area contributed by atoms with E-state index in [1.807, 2.05) is 6.92 Å². The summed E-state index contributed by atoms with van der Waals surface area (Å²) in [6.07, 6.45) is -0.556. The lowest BCUT2D eigenvalue weighted by Crippen LogP contribution is -2.47. The van der Waals surface area contributed by atoms with Crippen molar-refractivity contribution in [3.63, 3.8) is 0 Å². The van der Waals surface area contributed by atoms with Crippen LogP contribution in [0.4, 0.5) is 4.79 Å². The third-order valence-corrected chi connectivity index (χ3v) is 5.40. The lowest BCUT2D eigenvalue weighted by Gasteiger charge is -2.30. The summed E-state index contributed by atoms with van der Waals surface area (Å²) in [5.41, 5.74) is 0.0910. The third-order valence-electron chi connectivity index (χ3n) is 4.12. The van der Waals surface area contributed by atoms with Gasteiger partial charge in [0, 0.05) is 6.42 Å². The third kappa shape index (κ3) is 2.69. The molecule has 22 heavy (non-hydrogen) atoms. The summed E-state index contributed by atoms with van der Waals surface area (Å²) in [5, 5.41) is 9.09. The van der Waals surface area contributed by atoms with Crippen molar-refractivity contribution in [3.05, 3.63) is 29.8 Å². The normalized spacial score (nSPS) is 27.3. The maximum absolute atomic E-state index is 12.2. The van der Waals surface area contributed by atoms with Gasteiger partial charge in [0.1, 0.15) is 5.60 Å². The molecule has 0 saturated carbocycles. The van der Waals surface area contributed by atoms with Crippen molar-refractivity contribution in [2.24, 2.45) is 0 Å². The number of carboxylic acid groups (broad SMARTS) is 1. The molecule has 2 heterocycles. The van der Waals surface area contributed by atoms with Gasteiger partial charge < -0.3 is 9.84 Å². The van der Waals surface area contributed by atoms with E-state index in [1.54, 1.807) is 12.1 Å². The molecule has 3 rings (SSSR count). The van der Waals surface area contributed by atoms with Crippen LogP contribution in [0.5, 0.6) is 0 Å². The average Bonchev–Trinajstić information content (AvgIpc) is 3.05. The number of rotatable bonds is 4. The second kappa shape index (κ2) is 5.22. The Bertz CT molecular complexity index is 686. The Morgan fingerprint density at radius 3 is 2.73 bits per heavy atom. The minimum Gasteiger partial charge on any atom is -0.465 e. The fourth-order valence-corrected chi connectivity index (χ4v) is 3.87. The summed E-state index contributed by atoms with van der Waals surface area (Å²) < 4.78 is 35.1. The van der Waals surface area contributed by atoms with Crippen molar-refractivity contribution < 1.29 is 27.2 Å². The smallest absolute Gasteiger partial charge is 0.407 e. The topological polar surface area (TPSA) is 93.1 Å². The van der Waals surface area contributed by atoms with E-state index in [9.17, 15) is 13.2 Å². The van der Waals surface area contributed by atoms with Gasteiger partial charge in [-0.15, -0.1) is 0 Å². The molecule has 1 aromatic rings. The van der Waals surface area contributed by atoms with Gasteiger partial charge in [0.05, 0.1) is 30.7 Å². The zero-order valence-corrected chi connectivity index (χ0v) is 12.9. The molecule has 2 bridgehead atoms. The largest absolute Gasteiger partial charge is 0.465 e. The Kier molecular flexibility index (Phi) is 3.62. The molecule has 0 aromatic heterocycles. The first-order valence-electron chi connectivity index (χ1n) is 6.91. The summed E-state index contributed by atoms with van der Waals surface area (Å²) in [6.45, 7) is 2.10. The van der Waals surface area contributed by atoms with Crippen LogP contribution in [0, 0.1) is 6.92 Å². The second-order valence-electron chi connectivity index (χ2n) is 5.79. The molecule has 1 amide bonds. The number of benzene rings is 1. The van der Waals surface area contributed by atoms with E-state index in [0.29, 0.717) is 6.42 Å². The van der Waals surface area contributed by atoms with Crippen molar-refractivity contribution in [3.8, 4) is 0 Å². The van der Waals surface area contributed by atoms with Crippen LogP contribution < -0.4 is 0 Å². The fraction of sp³-hybridized carbons (Fsp3) is 0.500. The monoisotopic (exact) mass is 327 g/mol. The number of amides is 1. The van der Waals surface area contributed by atoms with E-state index >= 15 is 0 Å². The van der Waals surface area contributed by atoms with E-state index in [1.165, 1.54) is 17.0 Å². The number of aryl methyl sites for hydroxylation is 1. The molecule has 2 aliphatic rings. The molecular formula is C14H17NO6S. The minimum absolute atomic E-state index is 0.0807. The van der Waals surface area contributed by atoms with Gasteiger partial charge in [0.15, 0.2) is 0 Å². The predicted molar refractivity (Wildman–Crippen MR) is 76.1 cm³/mol. The highest BCUT2D eigenvalue weighted by atomic mass is 32.2. The summed E-state index contributed by atoms with van der Waals surface area (Å²) in [4.78, 5) is 12.5. The molecule has 2 fully saturated rings. The van der Waals surface area contributed by atoms with Crippen LogP contribution in [0.15, 0.2) is 29.2 Å². The number of fused-ring (bicyclic) bond motifs is 2. The molecule has 120 valence electrons. The van der Waals surface area contributed by atoms with Gasteiger partial charge in [-0.3, -0.25) is 9.08 Å². The predicted octanol–water partition coefficient (Wildman–Crippen LogP) is 1.22. The van der Waals surface area contributed by atoms with E-state index in [4.69, 9.17) is 14.0 Å². The lowest BCUT2D eigenvalue weighted by molar-refractivity contribution is -0.0613. The first-order valence-corrected chi connectivity index (χ1v) is 8.32.